The third-order valence-corrected chi connectivity index (χ3v) is 2.86. The third-order valence-electron chi connectivity index (χ3n) is 1.85. The molecule has 1 aromatic heterocycles. The molecule has 0 amide bonds. The number of pyridine rings is 1. The molecule has 4 nitrogen and oxygen atoms in total. The summed E-state index contributed by atoms with van der Waals surface area (Å²) in [5.41, 5.74) is 0. The molecule has 1 N–H and O–H groups in total. The molecule has 1 aliphatic carbocycles. The molecule has 0 aromatic carbocycles. The molecule has 0 saturated carbocycles. The van der Waals surface area contributed by atoms with Crippen LogP contribution in [0.5, 0.6) is 0 Å². The van der Waals surface area contributed by atoms with Crippen LogP contribution in [-0.4, -0.2) is 17.1 Å². The monoisotopic (exact) mass is 239 g/mol. The summed E-state index contributed by atoms with van der Waals surface area (Å²) in [6.07, 6.45) is 5.55. The van der Waals surface area contributed by atoms with Gasteiger partial charge in [0.15, 0.2) is 5.82 Å². The topological polar surface area (TPSA) is 46.5 Å². The lowest BCUT2D eigenvalue weighted by atomic mass is 10.4. The van der Waals surface area contributed by atoms with Crippen molar-refractivity contribution in [3.8, 4) is 0 Å². The second kappa shape index (κ2) is 3.43. The lowest BCUT2D eigenvalue weighted by Gasteiger charge is -2.15. The molecule has 0 spiro atoms. The largest absolute Gasteiger partial charge is 0.453 e. The first-order chi connectivity index (χ1) is 7.31. The van der Waals surface area contributed by atoms with Crippen LogP contribution in [-0.2, 0) is 4.74 Å². The van der Waals surface area contributed by atoms with Crippen molar-refractivity contribution < 1.29 is 4.74 Å². The lowest BCUT2D eigenvalue weighted by molar-refractivity contribution is 0.304. The van der Waals surface area contributed by atoms with Crippen molar-refractivity contribution in [2.45, 2.75) is 11.0 Å². The molecule has 0 fully saturated rings. The van der Waals surface area contributed by atoms with Crippen LogP contribution in [0.25, 0.3) is 0 Å². The summed E-state index contributed by atoms with van der Waals surface area (Å²) >= 11 is 7.21. The van der Waals surface area contributed by atoms with Crippen molar-refractivity contribution in [2.24, 2.45) is 4.99 Å². The number of fused-ring (bicyclic) bond motifs is 1. The minimum absolute atomic E-state index is 0.0886. The van der Waals surface area contributed by atoms with Gasteiger partial charge in [-0.05, 0) is 30.2 Å². The number of rotatable bonds is 1. The second-order valence-corrected chi connectivity index (χ2v) is 4.35. The predicted octanol–water partition coefficient (Wildman–Crippen LogP) is 2.29. The maximum absolute atomic E-state index is 5.81. The molecule has 0 unspecified atom stereocenters. The number of aromatic nitrogens is 1. The van der Waals surface area contributed by atoms with Gasteiger partial charge in [-0.1, -0.05) is 11.6 Å². The van der Waals surface area contributed by atoms with E-state index in [0.29, 0.717) is 16.9 Å². The van der Waals surface area contributed by atoms with Crippen LogP contribution in [0, 0.1) is 0 Å². The Balaban J connectivity index is 1.87. The van der Waals surface area contributed by atoms with Gasteiger partial charge in [0.25, 0.3) is 0 Å². The summed E-state index contributed by atoms with van der Waals surface area (Å²) in [5, 5.41) is 0.603. The van der Waals surface area contributed by atoms with E-state index in [1.165, 1.54) is 11.9 Å². The summed E-state index contributed by atoms with van der Waals surface area (Å²) in [5.74, 6) is 0.638. The van der Waals surface area contributed by atoms with Crippen molar-refractivity contribution in [1.82, 2.24) is 9.71 Å². The molecule has 3 rings (SSSR count). The first-order valence-corrected chi connectivity index (χ1v) is 5.53. The maximum atomic E-state index is 5.81. The number of halogens is 1. The zero-order chi connectivity index (χ0) is 10.3. The zero-order valence-electron chi connectivity index (χ0n) is 7.48. The summed E-state index contributed by atoms with van der Waals surface area (Å²) < 4.78 is 8.40. The highest BCUT2D eigenvalue weighted by atomic mass is 35.5. The third kappa shape index (κ3) is 1.93. The Bertz CT molecular complexity index is 468. The molecule has 6 heteroatoms. The molecule has 15 heavy (non-hydrogen) atoms. The van der Waals surface area contributed by atoms with Crippen LogP contribution in [0.15, 0.2) is 34.3 Å². The number of nitrogens with one attached hydrogen (secondary N) is 1. The van der Waals surface area contributed by atoms with Gasteiger partial charge in [-0.25, -0.2) is 4.98 Å². The number of ether oxygens (including phenoxy) is 1. The fourth-order valence-electron chi connectivity index (χ4n) is 1.09. The highest BCUT2D eigenvalue weighted by Gasteiger charge is 2.20. The molecule has 2 aliphatic rings. The number of nitrogens with zero attached hydrogens (tertiary/aromatic N) is 2. The fraction of sp³-hybridized carbons (Fsp3) is 0.111. The minimum atomic E-state index is 0.0886. The summed E-state index contributed by atoms with van der Waals surface area (Å²) in [6, 6.07) is 2.30. The lowest BCUT2D eigenvalue weighted by Crippen LogP contribution is -2.23. The molecule has 0 bridgehead atoms. The molecule has 0 atom stereocenters. The Hall–Kier alpha value is -1.20. The molecule has 76 valence electrons. The molecule has 1 aliphatic heterocycles. The molecular formula is C9H6ClN3OS. The van der Waals surface area contributed by atoms with Crippen molar-refractivity contribution in [3.63, 3.8) is 0 Å². The SMILES string of the molecule is Clc1cnc2c(c1)SNC(OC1C=C1)=N2. The van der Waals surface area contributed by atoms with Crippen molar-refractivity contribution >= 4 is 35.4 Å². The van der Waals surface area contributed by atoms with Gasteiger partial charge in [0.1, 0.15) is 6.10 Å². The normalized spacial score (nSPS) is 17.8. The second-order valence-electron chi connectivity index (χ2n) is 3.06. The molecular weight excluding hydrogens is 234 g/mol. The first-order valence-electron chi connectivity index (χ1n) is 4.33. The summed E-state index contributed by atoms with van der Waals surface area (Å²) in [7, 11) is 0. The minimum Gasteiger partial charge on any atom is -0.453 e. The zero-order valence-corrected chi connectivity index (χ0v) is 9.05. The molecule has 0 radical (unpaired) electrons. The Morgan fingerprint density at radius 2 is 2.33 bits per heavy atom. The Labute approximate surface area is 95.5 Å². The summed E-state index contributed by atoms with van der Waals surface area (Å²) in [6.45, 7) is 0. The fourth-order valence-corrected chi connectivity index (χ4v) is 1.98. The number of amidine groups is 1. The van der Waals surface area contributed by atoms with Gasteiger partial charge in [0.2, 0.25) is 0 Å². The highest BCUT2D eigenvalue weighted by Crippen LogP contribution is 2.31. The maximum Gasteiger partial charge on any atom is 0.302 e. The van der Waals surface area contributed by atoms with E-state index < -0.39 is 0 Å². The van der Waals surface area contributed by atoms with Crippen LogP contribution >= 0.6 is 23.5 Å². The van der Waals surface area contributed by atoms with E-state index in [1.54, 1.807) is 6.20 Å². The van der Waals surface area contributed by atoms with Gasteiger partial charge in [0.05, 0.1) is 9.92 Å². The van der Waals surface area contributed by atoms with E-state index >= 15 is 0 Å². The van der Waals surface area contributed by atoms with Crippen LogP contribution in [0.3, 0.4) is 0 Å². The van der Waals surface area contributed by atoms with E-state index in [4.69, 9.17) is 16.3 Å². The molecule has 1 aromatic rings. The number of hydrogen-bond acceptors (Lipinski definition) is 5. The van der Waals surface area contributed by atoms with Crippen LogP contribution in [0.1, 0.15) is 0 Å². The predicted molar refractivity (Wildman–Crippen MR) is 59.3 cm³/mol. The van der Waals surface area contributed by atoms with Gasteiger partial charge in [0, 0.05) is 6.20 Å². The Morgan fingerprint density at radius 1 is 1.47 bits per heavy atom. The van der Waals surface area contributed by atoms with Crippen molar-refractivity contribution in [3.05, 3.63) is 29.4 Å². The molecule has 2 heterocycles. The van der Waals surface area contributed by atoms with Crippen molar-refractivity contribution in [2.75, 3.05) is 0 Å². The van der Waals surface area contributed by atoms with Crippen molar-refractivity contribution in [1.29, 1.82) is 0 Å². The molecule has 0 saturated heterocycles. The van der Waals surface area contributed by atoms with Crippen LogP contribution < -0.4 is 4.72 Å². The number of aliphatic imine (C=N–C) groups is 1. The van der Waals surface area contributed by atoms with Gasteiger partial charge < -0.3 is 4.74 Å². The van der Waals surface area contributed by atoms with Gasteiger partial charge in [-0.3, -0.25) is 4.72 Å². The van der Waals surface area contributed by atoms with Gasteiger partial charge in [-0.2, -0.15) is 4.99 Å². The standard InChI is InChI=1S/C9H6ClN3OS/c10-5-3-7-8(11-4-5)12-9(13-15-7)14-6-1-2-6/h1-4,6H,(H,11,12,13). The average molecular weight is 240 g/mol. The van der Waals surface area contributed by atoms with Crippen LogP contribution in [0.2, 0.25) is 5.02 Å². The van der Waals surface area contributed by atoms with Crippen LogP contribution in [0.4, 0.5) is 5.82 Å². The quantitative estimate of drug-likeness (QED) is 0.603. The smallest absolute Gasteiger partial charge is 0.302 e. The van der Waals surface area contributed by atoms with E-state index in [2.05, 4.69) is 14.7 Å². The summed E-state index contributed by atoms with van der Waals surface area (Å²) in [4.78, 5) is 9.24. The van der Waals surface area contributed by atoms with Gasteiger partial charge in [-0.15, -0.1) is 0 Å². The van der Waals surface area contributed by atoms with E-state index in [-0.39, 0.29) is 6.10 Å². The number of hydrogen-bond donors (Lipinski definition) is 1. The average Bonchev–Trinajstić information content (AvgIpc) is 3.02. The van der Waals surface area contributed by atoms with Gasteiger partial charge >= 0.3 is 6.02 Å². The first kappa shape index (κ1) is 9.06. The van der Waals surface area contributed by atoms with E-state index in [9.17, 15) is 0 Å². The van der Waals surface area contributed by atoms with E-state index in [1.807, 2.05) is 18.2 Å². The Kier molecular flexibility index (Phi) is 2.07. The highest BCUT2D eigenvalue weighted by molar-refractivity contribution is 7.98. The Morgan fingerprint density at radius 3 is 3.13 bits per heavy atom. The van der Waals surface area contributed by atoms with E-state index in [0.717, 1.165) is 4.90 Å².